The Labute approximate surface area is 162 Å². The SMILES string of the molecule is COc1ccc(-c2cc3c4c(c2)C2CNCCC2CN4CC3)c(C(F)(F)F)c1. The van der Waals surface area contributed by atoms with E-state index in [0.717, 1.165) is 45.1 Å². The Balaban J connectivity index is 1.68. The third-order valence-corrected chi connectivity index (χ3v) is 6.51. The van der Waals surface area contributed by atoms with Gasteiger partial charge in [-0.15, -0.1) is 0 Å². The van der Waals surface area contributed by atoms with Crippen molar-refractivity contribution in [3.8, 4) is 16.9 Å². The molecule has 3 nitrogen and oxygen atoms in total. The van der Waals surface area contributed by atoms with Gasteiger partial charge in [0.05, 0.1) is 12.7 Å². The fourth-order valence-corrected chi connectivity index (χ4v) is 5.20. The molecule has 3 aliphatic rings. The van der Waals surface area contributed by atoms with E-state index < -0.39 is 11.7 Å². The Morgan fingerprint density at radius 1 is 1.18 bits per heavy atom. The highest BCUT2D eigenvalue weighted by Gasteiger charge is 2.39. The number of nitrogens with one attached hydrogen (secondary N) is 1. The number of ether oxygens (including phenoxy) is 1. The molecule has 0 saturated carbocycles. The summed E-state index contributed by atoms with van der Waals surface area (Å²) in [6.07, 6.45) is -2.40. The fraction of sp³-hybridized carbons (Fsp3) is 0.455. The Morgan fingerprint density at radius 3 is 2.82 bits per heavy atom. The van der Waals surface area contributed by atoms with Crippen molar-refractivity contribution in [1.82, 2.24) is 5.32 Å². The van der Waals surface area contributed by atoms with Crippen LogP contribution >= 0.6 is 0 Å². The van der Waals surface area contributed by atoms with E-state index in [4.69, 9.17) is 4.74 Å². The van der Waals surface area contributed by atoms with Crippen LogP contribution in [0.4, 0.5) is 18.9 Å². The molecule has 0 bridgehead atoms. The van der Waals surface area contributed by atoms with Gasteiger partial charge in [0.2, 0.25) is 0 Å². The molecule has 2 unspecified atom stereocenters. The molecule has 2 aromatic rings. The summed E-state index contributed by atoms with van der Waals surface area (Å²) in [4.78, 5) is 2.44. The van der Waals surface area contributed by atoms with Gasteiger partial charge in [0.15, 0.2) is 0 Å². The molecule has 0 radical (unpaired) electrons. The number of nitrogens with zero attached hydrogens (tertiary/aromatic N) is 1. The number of rotatable bonds is 2. The Hall–Kier alpha value is -2.21. The molecule has 1 N–H and O–H groups in total. The number of benzene rings is 2. The van der Waals surface area contributed by atoms with Crippen molar-refractivity contribution in [2.45, 2.75) is 24.9 Å². The standard InChI is InChI=1S/C22H23F3N2O/c1-28-16-2-3-17(20(10-16)22(23,24)25)15-8-13-5-7-27-12-14-4-6-26-11-19(14)18(9-15)21(13)27/h2-3,8-10,14,19,26H,4-7,11-12H2,1H3. The van der Waals surface area contributed by atoms with Crippen molar-refractivity contribution >= 4 is 5.69 Å². The average molecular weight is 388 g/mol. The minimum absolute atomic E-state index is 0.223. The van der Waals surface area contributed by atoms with Gasteiger partial charge in [-0.1, -0.05) is 6.07 Å². The molecule has 3 heterocycles. The van der Waals surface area contributed by atoms with Gasteiger partial charge in [0.1, 0.15) is 5.75 Å². The van der Waals surface area contributed by atoms with Crippen molar-refractivity contribution in [3.05, 3.63) is 47.0 Å². The normalized spacial score (nSPS) is 23.4. The lowest BCUT2D eigenvalue weighted by Gasteiger charge is -2.42. The summed E-state index contributed by atoms with van der Waals surface area (Å²) in [5.41, 5.74) is 3.94. The zero-order valence-electron chi connectivity index (χ0n) is 15.8. The lowest BCUT2D eigenvalue weighted by molar-refractivity contribution is -0.137. The molecule has 3 aliphatic heterocycles. The number of halogens is 3. The van der Waals surface area contributed by atoms with Crippen LogP contribution in [0.15, 0.2) is 30.3 Å². The van der Waals surface area contributed by atoms with E-state index >= 15 is 0 Å². The van der Waals surface area contributed by atoms with Gasteiger partial charge in [-0.3, -0.25) is 0 Å². The predicted octanol–water partition coefficient (Wildman–Crippen LogP) is 4.45. The van der Waals surface area contributed by atoms with Crippen LogP contribution in [0.5, 0.6) is 5.75 Å². The lowest BCUT2D eigenvalue weighted by Crippen LogP contribution is -2.44. The minimum Gasteiger partial charge on any atom is -0.497 e. The Morgan fingerprint density at radius 2 is 2.04 bits per heavy atom. The first kappa shape index (κ1) is 17.9. The van der Waals surface area contributed by atoms with E-state index in [1.807, 2.05) is 12.1 Å². The number of hydrogen-bond acceptors (Lipinski definition) is 3. The highest BCUT2D eigenvalue weighted by Crippen LogP contribution is 2.48. The van der Waals surface area contributed by atoms with Crippen LogP contribution in [-0.2, 0) is 12.6 Å². The second-order valence-corrected chi connectivity index (χ2v) is 8.04. The van der Waals surface area contributed by atoms with Crippen LogP contribution in [0.25, 0.3) is 11.1 Å². The Bertz CT molecular complexity index is 925. The molecular formula is C22H23F3N2O. The quantitative estimate of drug-likeness (QED) is 0.823. The summed E-state index contributed by atoms with van der Waals surface area (Å²) in [6, 6.07) is 8.23. The summed E-state index contributed by atoms with van der Waals surface area (Å²) in [5.74, 6) is 1.18. The second kappa shape index (κ2) is 6.41. The maximum absolute atomic E-state index is 13.8. The van der Waals surface area contributed by atoms with Crippen molar-refractivity contribution < 1.29 is 17.9 Å². The monoisotopic (exact) mass is 388 g/mol. The summed E-state index contributed by atoms with van der Waals surface area (Å²) in [7, 11) is 1.39. The number of alkyl halides is 3. The van der Waals surface area contributed by atoms with Gasteiger partial charge in [-0.05, 0) is 71.8 Å². The van der Waals surface area contributed by atoms with E-state index in [2.05, 4.69) is 10.2 Å². The van der Waals surface area contributed by atoms with E-state index in [-0.39, 0.29) is 11.3 Å². The third kappa shape index (κ3) is 2.77. The predicted molar refractivity (Wildman–Crippen MR) is 103 cm³/mol. The van der Waals surface area contributed by atoms with Crippen molar-refractivity contribution in [3.63, 3.8) is 0 Å². The zero-order valence-corrected chi connectivity index (χ0v) is 15.8. The number of hydrogen-bond donors (Lipinski definition) is 1. The van der Waals surface area contributed by atoms with Crippen LogP contribution in [-0.4, -0.2) is 33.3 Å². The summed E-state index contributed by atoms with van der Waals surface area (Å²) >= 11 is 0. The van der Waals surface area contributed by atoms with Gasteiger partial charge in [-0.25, -0.2) is 0 Å². The first-order valence-electron chi connectivity index (χ1n) is 9.84. The molecular weight excluding hydrogens is 365 g/mol. The number of anilines is 1. The molecule has 0 spiro atoms. The van der Waals surface area contributed by atoms with Gasteiger partial charge in [0, 0.05) is 31.2 Å². The average Bonchev–Trinajstić information content (AvgIpc) is 3.10. The number of methoxy groups -OCH3 is 1. The maximum Gasteiger partial charge on any atom is 0.417 e. The topological polar surface area (TPSA) is 24.5 Å². The van der Waals surface area contributed by atoms with Gasteiger partial charge in [-0.2, -0.15) is 13.2 Å². The molecule has 6 heteroatoms. The van der Waals surface area contributed by atoms with Crippen LogP contribution in [0.1, 0.15) is 29.0 Å². The molecule has 2 atom stereocenters. The van der Waals surface area contributed by atoms with Gasteiger partial charge >= 0.3 is 6.18 Å². The first-order chi connectivity index (χ1) is 13.5. The highest BCUT2D eigenvalue weighted by atomic mass is 19.4. The van der Waals surface area contributed by atoms with Crippen molar-refractivity contribution in [1.29, 1.82) is 0 Å². The third-order valence-electron chi connectivity index (χ3n) is 6.51. The molecule has 0 aromatic heterocycles. The molecule has 28 heavy (non-hydrogen) atoms. The van der Waals surface area contributed by atoms with Crippen LogP contribution in [0.3, 0.4) is 0 Å². The highest BCUT2D eigenvalue weighted by molar-refractivity contribution is 5.77. The van der Waals surface area contributed by atoms with E-state index in [9.17, 15) is 13.2 Å². The molecule has 1 fully saturated rings. The molecule has 0 aliphatic carbocycles. The zero-order chi connectivity index (χ0) is 19.5. The lowest BCUT2D eigenvalue weighted by atomic mass is 9.76. The van der Waals surface area contributed by atoms with Gasteiger partial charge in [0.25, 0.3) is 0 Å². The molecule has 2 aromatic carbocycles. The van der Waals surface area contributed by atoms with Crippen LogP contribution in [0, 0.1) is 5.92 Å². The van der Waals surface area contributed by atoms with Crippen LogP contribution < -0.4 is 15.0 Å². The van der Waals surface area contributed by atoms with Crippen LogP contribution in [0.2, 0.25) is 0 Å². The fourth-order valence-electron chi connectivity index (χ4n) is 5.20. The summed E-state index contributed by atoms with van der Waals surface area (Å²) in [6.45, 7) is 3.97. The number of fused-ring (bicyclic) bond motifs is 2. The Kier molecular flexibility index (Phi) is 4.09. The number of piperidine rings is 1. The van der Waals surface area contributed by atoms with Crippen molar-refractivity contribution in [2.24, 2.45) is 5.92 Å². The summed E-state index contributed by atoms with van der Waals surface area (Å²) < 4.78 is 46.4. The van der Waals surface area contributed by atoms with E-state index in [1.54, 1.807) is 12.1 Å². The first-order valence-corrected chi connectivity index (χ1v) is 9.84. The molecule has 148 valence electrons. The minimum atomic E-state index is -4.43. The van der Waals surface area contributed by atoms with Gasteiger partial charge < -0.3 is 15.0 Å². The smallest absolute Gasteiger partial charge is 0.417 e. The second-order valence-electron chi connectivity index (χ2n) is 8.04. The molecule has 0 amide bonds. The molecule has 1 saturated heterocycles. The maximum atomic E-state index is 13.8. The van der Waals surface area contributed by atoms with E-state index in [1.165, 1.54) is 23.9 Å². The summed E-state index contributed by atoms with van der Waals surface area (Å²) in [5, 5.41) is 3.47. The van der Waals surface area contributed by atoms with Crippen molar-refractivity contribution in [2.75, 3.05) is 38.2 Å². The molecule has 5 rings (SSSR count). The largest absolute Gasteiger partial charge is 0.497 e. The van der Waals surface area contributed by atoms with E-state index in [0.29, 0.717) is 17.4 Å².